The van der Waals surface area contributed by atoms with Crippen LogP contribution in [0.2, 0.25) is 0 Å². The summed E-state index contributed by atoms with van der Waals surface area (Å²) in [6, 6.07) is 5.88. The summed E-state index contributed by atoms with van der Waals surface area (Å²) < 4.78 is 12.9. The second-order valence-electron chi connectivity index (χ2n) is 7.85. The first-order chi connectivity index (χ1) is 13.2. The average Bonchev–Trinajstić information content (AvgIpc) is 2.90. The predicted molar refractivity (Wildman–Crippen MR) is 110 cm³/mol. The molecule has 2 aliphatic carbocycles. The van der Waals surface area contributed by atoms with Crippen LogP contribution in [0.1, 0.15) is 87.4 Å². The Hall–Kier alpha value is -1.96. The smallest absolute Gasteiger partial charge is 0.162 e. The first-order valence-corrected chi connectivity index (χ1v) is 10.6. The lowest BCUT2D eigenvalue weighted by atomic mass is 9.90. The molecule has 2 heteroatoms. The molecule has 0 fully saturated rings. The molecule has 0 spiro atoms. The van der Waals surface area contributed by atoms with Gasteiger partial charge >= 0.3 is 0 Å². The predicted octanol–water partition coefficient (Wildman–Crippen LogP) is 7.50. The quantitative estimate of drug-likeness (QED) is 0.327. The van der Waals surface area contributed by atoms with Crippen molar-refractivity contribution in [2.24, 2.45) is 0 Å². The number of carbonyl (C=O) groups is 1. The van der Waals surface area contributed by atoms with Gasteiger partial charge in [0.15, 0.2) is 5.78 Å². The number of allylic oxidation sites excluding steroid dienone is 6. The van der Waals surface area contributed by atoms with Crippen LogP contribution in [0, 0.1) is 5.82 Å². The number of hydrogen-bond donors (Lipinski definition) is 0. The Kier molecular flexibility index (Phi) is 7.62. The fourth-order valence-corrected chi connectivity index (χ4v) is 4.07. The third kappa shape index (κ3) is 6.30. The number of hydrogen-bond acceptors (Lipinski definition) is 1. The van der Waals surface area contributed by atoms with E-state index < -0.39 is 0 Å². The molecule has 0 aromatic heterocycles. The summed E-state index contributed by atoms with van der Waals surface area (Å²) in [5.41, 5.74) is 5.38. The fourth-order valence-electron chi connectivity index (χ4n) is 4.07. The van der Waals surface area contributed by atoms with Crippen LogP contribution < -0.4 is 0 Å². The Morgan fingerprint density at radius 3 is 2.48 bits per heavy atom. The van der Waals surface area contributed by atoms with Gasteiger partial charge < -0.3 is 0 Å². The van der Waals surface area contributed by atoms with Gasteiger partial charge in [0.25, 0.3) is 0 Å². The molecule has 0 heterocycles. The molecule has 0 aliphatic heterocycles. The van der Waals surface area contributed by atoms with Crippen LogP contribution in [0.25, 0.3) is 0 Å². The van der Waals surface area contributed by atoms with Crippen molar-refractivity contribution in [3.8, 4) is 0 Å². The summed E-state index contributed by atoms with van der Waals surface area (Å²) >= 11 is 0. The molecule has 1 aromatic carbocycles. The summed E-state index contributed by atoms with van der Waals surface area (Å²) in [5.74, 6) is -0.165. The molecular weight excluding hydrogens is 335 g/mol. The maximum Gasteiger partial charge on any atom is 0.162 e. The van der Waals surface area contributed by atoms with Crippen molar-refractivity contribution in [1.82, 2.24) is 0 Å². The van der Waals surface area contributed by atoms with Gasteiger partial charge in [-0.25, -0.2) is 4.39 Å². The Labute approximate surface area is 163 Å². The van der Waals surface area contributed by atoms with Crippen LogP contribution in [0.15, 0.2) is 59.2 Å². The summed E-state index contributed by atoms with van der Waals surface area (Å²) in [6.07, 6.45) is 21.0. The zero-order valence-electron chi connectivity index (χ0n) is 16.3. The zero-order chi connectivity index (χ0) is 18.9. The van der Waals surface area contributed by atoms with E-state index in [-0.39, 0.29) is 11.6 Å². The monoisotopic (exact) mass is 366 g/mol. The van der Waals surface area contributed by atoms with Gasteiger partial charge in [0, 0.05) is 12.0 Å². The highest BCUT2D eigenvalue weighted by Gasteiger charge is 2.12. The Morgan fingerprint density at radius 2 is 1.63 bits per heavy atom. The lowest BCUT2D eigenvalue weighted by Gasteiger charge is -2.15. The van der Waals surface area contributed by atoms with E-state index in [1.807, 2.05) is 0 Å². The molecule has 0 N–H and O–H groups in total. The first kappa shape index (κ1) is 19.8. The lowest BCUT2D eigenvalue weighted by Crippen LogP contribution is -1.98. The Balaban J connectivity index is 1.27. The summed E-state index contributed by atoms with van der Waals surface area (Å²) in [5, 5.41) is 0. The fraction of sp³-hybridized carbons (Fsp3) is 0.480. The minimum atomic E-state index is -0.291. The molecule has 0 saturated carbocycles. The highest BCUT2D eigenvalue weighted by molar-refractivity contribution is 5.95. The SMILES string of the molecule is O=C(CCCCCCCC1=CCC2=C(C=C1)CCCC2)c1ccc(F)cc1. The van der Waals surface area contributed by atoms with Crippen LogP contribution in [0.4, 0.5) is 4.39 Å². The molecule has 1 aromatic rings. The molecule has 1 nitrogen and oxygen atoms in total. The molecule has 27 heavy (non-hydrogen) atoms. The minimum Gasteiger partial charge on any atom is -0.294 e. The van der Waals surface area contributed by atoms with Gasteiger partial charge in [0.1, 0.15) is 5.82 Å². The highest BCUT2D eigenvalue weighted by atomic mass is 19.1. The average molecular weight is 367 g/mol. The van der Waals surface area contributed by atoms with E-state index in [1.165, 1.54) is 69.1 Å². The van der Waals surface area contributed by atoms with Crippen molar-refractivity contribution in [3.05, 3.63) is 70.6 Å². The van der Waals surface area contributed by atoms with E-state index in [1.54, 1.807) is 23.3 Å². The Bertz CT molecular complexity index is 721. The van der Waals surface area contributed by atoms with Gasteiger partial charge in [-0.05, 0) is 81.2 Å². The number of unbranched alkanes of at least 4 members (excludes halogenated alkanes) is 4. The van der Waals surface area contributed by atoms with Crippen molar-refractivity contribution in [2.75, 3.05) is 0 Å². The summed E-state index contributed by atoms with van der Waals surface area (Å²) in [4.78, 5) is 12.0. The molecule has 0 unspecified atom stereocenters. The van der Waals surface area contributed by atoms with Gasteiger partial charge in [-0.15, -0.1) is 0 Å². The second kappa shape index (κ2) is 10.4. The standard InChI is InChI=1S/C25H31FO/c26-24-18-16-23(17-19-24)25(27)11-5-3-1-2-4-8-20-12-14-21-9-6-7-10-22(21)15-13-20/h12-14,16-19H,1-11,15H2. The number of benzene rings is 1. The zero-order valence-corrected chi connectivity index (χ0v) is 16.3. The van der Waals surface area contributed by atoms with Crippen LogP contribution in [-0.2, 0) is 0 Å². The first-order valence-electron chi connectivity index (χ1n) is 10.6. The molecule has 0 atom stereocenters. The maximum absolute atomic E-state index is 12.9. The molecule has 0 radical (unpaired) electrons. The van der Waals surface area contributed by atoms with E-state index in [0.717, 1.165) is 19.3 Å². The van der Waals surface area contributed by atoms with E-state index in [0.29, 0.717) is 12.0 Å². The van der Waals surface area contributed by atoms with Gasteiger partial charge in [-0.3, -0.25) is 4.79 Å². The topological polar surface area (TPSA) is 17.1 Å². The minimum absolute atomic E-state index is 0.125. The number of ketones is 1. The summed E-state index contributed by atoms with van der Waals surface area (Å²) in [7, 11) is 0. The molecule has 0 bridgehead atoms. The molecule has 2 aliphatic rings. The number of rotatable bonds is 9. The van der Waals surface area contributed by atoms with Crippen LogP contribution in [0.5, 0.6) is 0 Å². The van der Waals surface area contributed by atoms with Crippen molar-refractivity contribution in [3.63, 3.8) is 0 Å². The van der Waals surface area contributed by atoms with Crippen LogP contribution in [-0.4, -0.2) is 5.78 Å². The highest BCUT2D eigenvalue weighted by Crippen LogP contribution is 2.31. The van der Waals surface area contributed by atoms with Gasteiger partial charge in [-0.1, -0.05) is 48.6 Å². The number of Topliss-reactive ketones (excluding diaryl/α,β-unsaturated/α-hetero) is 1. The van der Waals surface area contributed by atoms with Crippen molar-refractivity contribution >= 4 is 5.78 Å². The molecule has 144 valence electrons. The van der Waals surface area contributed by atoms with E-state index in [4.69, 9.17) is 0 Å². The van der Waals surface area contributed by atoms with Crippen molar-refractivity contribution in [2.45, 2.75) is 77.0 Å². The lowest BCUT2D eigenvalue weighted by molar-refractivity contribution is 0.0979. The van der Waals surface area contributed by atoms with Crippen molar-refractivity contribution in [1.29, 1.82) is 0 Å². The Morgan fingerprint density at radius 1 is 0.889 bits per heavy atom. The molecule has 0 saturated heterocycles. The number of halogens is 1. The normalized spacial score (nSPS) is 16.7. The van der Waals surface area contributed by atoms with E-state index in [2.05, 4.69) is 18.2 Å². The second-order valence-corrected chi connectivity index (χ2v) is 7.85. The molecule has 3 rings (SSSR count). The van der Waals surface area contributed by atoms with Gasteiger partial charge in [0.2, 0.25) is 0 Å². The largest absolute Gasteiger partial charge is 0.294 e. The maximum atomic E-state index is 12.9. The van der Waals surface area contributed by atoms with E-state index in [9.17, 15) is 9.18 Å². The van der Waals surface area contributed by atoms with Gasteiger partial charge in [-0.2, -0.15) is 0 Å². The van der Waals surface area contributed by atoms with E-state index >= 15 is 0 Å². The third-order valence-corrected chi connectivity index (χ3v) is 5.77. The van der Waals surface area contributed by atoms with Crippen LogP contribution in [0.3, 0.4) is 0 Å². The third-order valence-electron chi connectivity index (χ3n) is 5.77. The van der Waals surface area contributed by atoms with Gasteiger partial charge in [0.05, 0.1) is 0 Å². The molecular formula is C25H31FO. The number of carbonyl (C=O) groups excluding carboxylic acids is 1. The molecule has 0 amide bonds. The van der Waals surface area contributed by atoms with Crippen molar-refractivity contribution < 1.29 is 9.18 Å². The van der Waals surface area contributed by atoms with Crippen LogP contribution >= 0.6 is 0 Å². The summed E-state index contributed by atoms with van der Waals surface area (Å²) in [6.45, 7) is 0.